The van der Waals surface area contributed by atoms with Crippen molar-refractivity contribution in [3.8, 4) is 0 Å². The molecule has 0 unspecified atom stereocenters. The number of nitrogen functional groups attached to an aromatic ring is 2. The third-order valence-corrected chi connectivity index (χ3v) is 1.75. The molecule has 0 amide bonds. The van der Waals surface area contributed by atoms with Crippen molar-refractivity contribution < 1.29 is 0 Å². The molecule has 82 valence electrons. The summed E-state index contributed by atoms with van der Waals surface area (Å²) in [5, 5.41) is 0. The van der Waals surface area contributed by atoms with Crippen molar-refractivity contribution in [3.63, 3.8) is 0 Å². The van der Waals surface area contributed by atoms with Crippen LogP contribution in [0.2, 0.25) is 0 Å². The van der Waals surface area contributed by atoms with Crippen molar-refractivity contribution in [2.45, 2.75) is 0 Å². The van der Waals surface area contributed by atoms with Gasteiger partial charge in [-0.2, -0.15) is 0 Å². The average molecular weight is 243 g/mol. The molecule has 1 rings (SSSR count). The van der Waals surface area contributed by atoms with Crippen LogP contribution in [0.25, 0.3) is 0 Å². The van der Waals surface area contributed by atoms with Crippen LogP contribution in [0.5, 0.6) is 0 Å². The number of hydrogen-bond acceptors (Lipinski definition) is 4. The minimum absolute atomic E-state index is 0. The van der Waals surface area contributed by atoms with Crippen LogP contribution < -0.4 is 22.7 Å². The maximum absolute atomic E-state index is 11.2. The molecule has 0 aliphatic rings. The van der Waals surface area contributed by atoms with Crippen LogP contribution >= 0.6 is 24.8 Å². The number of aromatic nitrogens is 2. The number of halogens is 2. The molecule has 6 nitrogen and oxygen atoms in total. The fraction of sp³-hybridized carbons (Fsp3) is 0.333. The van der Waals surface area contributed by atoms with Crippen molar-refractivity contribution in [1.82, 2.24) is 9.13 Å². The van der Waals surface area contributed by atoms with E-state index >= 15 is 0 Å². The highest BCUT2D eigenvalue weighted by Gasteiger charge is 2.08. The Bertz CT molecular complexity index is 399. The van der Waals surface area contributed by atoms with E-state index in [9.17, 15) is 9.59 Å². The second kappa shape index (κ2) is 4.92. The highest BCUT2D eigenvalue weighted by molar-refractivity contribution is 5.85. The number of nitrogens with zero attached hydrogens (tertiary/aromatic N) is 2. The van der Waals surface area contributed by atoms with Crippen LogP contribution in [-0.4, -0.2) is 9.13 Å². The van der Waals surface area contributed by atoms with Gasteiger partial charge in [-0.1, -0.05) is 0 Å². The maximum Gasteiger partial charge on any atom is 0.332 e. The summed E-state index contributed by atoms with van der Waals surface area (Å²) in [7, 11) is 2.80. The first-order valence-corrected chi connectivity index (χ1v) is 3.27. The topological polar surface area (TPSA) is 96.0 Å². The molecule has 0 bridgehead atoms. The van der Waals surface area contributed by atoms with Crippen LogP contribution in [0, 0.1) is 0 Å². The van der Waals surface area contributed by atoms with E-state index in [2.05, 4.69) is 0 Å². The summed E-state index contributed by atoms with van der Waals surface area (Å²) in [4.78, 5) is 22.3. The third-order valence-electron chi connectivity index (χ3n) is 1.75. The monoisotopic (exact) mass is 242 g/mol. The first kappa shape index (κ1) is 15.3. The fourth-order valence-corrected chi connectivity index (χ4v) is 0.886. The average Bonchev–Trinajstić information content (AvgIpc) is 2.08. The second-order valence-electron chi connectivity index (χ2n) is 2.50. The zero-order valence-corrected chi connectivity index (χ0v) is 9.32. The largest absolute Gasteiger partial charge is 0.391 e. The zero-order valence-electron chi connectivity index (χ0n) is 7.68. The molecular weight excluding hydrogens is 231 g/mol. The van der Waals surface area contributed by atoms with E-state index in [0.29, 0.717) is 0 Å². The lowest BCUT2D eigenvalue weighted by Gasteiger charge is -2.07. The minimum atomic E-state index is -0.560. The van der Waals surface area contributed by atoms with E-state index in [1.807, 2.05) is 0 Å². The van der Waals surface area contributed by atoms with Crippen LogP contribution in [0.15, 0.2) is 9.59 Å². The number of anilines is 2. The summed E-state index contributed by atoms with van der Waals surface area (Å²) in [6, 6.07) is 0. The molecule has 0 saturated heterocycles. The minimum Gasteiger partial charge on any atom is -0.391 e. The Hall–Kier alpha value is -1.14. The molecule has 0 saturated carbocycles. The van der Waals surface area contributed by atoms with Gasteiger partial charge >= 0.3 is 5.69 Å². The molecule has 14 heavy (non-hydrogen) atoms. The van der Waals surface area contributed by atoms with Crippen molar-refractivity contribution in [1.29, 1.82) is 0 Å². The summed E-state index contributed by atoms with van der Waals surface area (Å²) in [6.07, 6.45) is 0. The Morgan fingerprint density at radius 1 is 1.00 bits per heavy atom. The van der Waals surface area contributed by atoms with Gasteiger partial charge in [-0.3, -0.25) is 13.9 Å². The van der Waals surface area contributed by atoms with Gasteiger partial charge < -0.3 is 11.5 Å². The molecule has 0 atom stereocenters. The molecule has 1 aromatic rings. The normalized spacial score (nSPS) is 8.71. The van der Waals surface area contributed by atoms with Gasteiger partial charge in [0.1, 0.15) is 11.5 Å². The van der Waals surface area contributed by atoms with Gasteiger partial charge in [-0.25, -0.2) is 4.79 Å². The van der Waals surface area contributed by atoms with E-state index in [0.717, 1.165) is 9.13 Å². The molecule has 0 aromatic carbocycles. The Labute approximate surface area is 92.3 Å². The number of hydrogen-bond donors (Lipinski definition) is 2. The molecule has 0 radical (unpaired) electrons. The number of nitrogens with two attached hydrogens (primary N) is 2. The Morgan fingerprint density at radius 2 is 1.43 bits per heavy atom. The van der Waals surface area contributed by atoms with Crippen LogP contribution in [0.3, 0.4) is 0 Å². The molecule has 0 aliphatic heterocycles. The van der Waals surface area contributed by atoms with Crippen LogP contribution in [0.4, 0.5) is 11.5 Å². The van der Waals surface area contributed by atoms with E-state index in [1.54, 1.807) is 0 Å². The van der Waals surface area contributed by atoms with Gasteiger partial charge in [-0.15, -0.1) is 24.8 Å². The molecule has 0 aliphatic carbocycles. The molecule has 4 N–H and O–H groups in total. The van der Waals surface area contributed by atoms with Crippen molar-refractivity contribution in [2.75, 3.05) is 11.5 Å². The van der Waals surface area contributed by atoms with E-state index in [-0.39, 0.29) is 36.3 Å². The first-order valence-electron chi connectivity index (χ1n) is 3.27. The van der Waals surface area contributed by atoms with Gasteiger partial charge in [-0.05, 0) is 0 Å². The SMILES string of the molecule is Cl.Cl.Cn1c(N)c(N)c(=O)n(C)c1=O. The smallest absolute Gasteiger partial charge is 0.332 e. The van der Waals surface area contributed by atoms with Crippen molar-refractivity contribution in [2.24, 2.45) is 14.1 Å². The molecule has 1 heterocycles. The van der Waals surface area contributed by atoms with E-state index < -0.39 is 11.2 Å². The molecule has 8 heteroatoms. The highest BCUT2D eigenvalue weighted by Crippen LogP contribution is 2.01. The van der Waals surface area contributed by atoms with Gasteiger partial charge in [0.2, 0.25) is 0 Å². The van der Waals surface area contributed by atoms with Gasteiger partial charge in [0, 0.05) is 14.1 Å². The van der Waals surface area contributed by atoms with Crippen LogP contribution in [-0.2, 0) is 14.1 Å². The highest BCUT2D eigenvalue weighted by atomic mass is 35.5. The van der Waals surface area contributed by atoms with Crippen molar-refractivity contribution >= 4 is 36.3 Å². The summed E-state index contributed by atoms with van der Waals surface area (Å²) in [5.41, 5.74) is 9.57. The van der Waals surface area contributed by atoms with E-state index in [1.165, 1.54) is 14.1 Å². The third kappa shape index (κ3) is 2.02. The summed E-state index contributed by atoms with van der Waals surface area (Å²) in [6.45, 7) is 0. The van der Waals surface area contributed by atoms with Crippen molar-refractivity contribution in [3.05, 3.63) is 20.8 Å². The Balaban J connectivity index is 0. The van der Waals surface area contributed by atoms with E-state index in [4.69, 9.17) is 11.5 Å². The van der Waals surface area contributed by atoms with Crippen LogP contribution in [0.1, 0.15) is 0 Å². The zero-order chi connectivity index (χ0) is 9.46. The van der Waals surface area contributed by atoms with Gasteiger partial charge in [0.05, 0.1) is 0 Å². The number of rotatable bonds is 0. The lowest BCUT2D eigenvalue weighted by Crippen LogP contribution is -2.39. The molecule has 0 spiro atoms. The summed E-state index contributed by atoms with van der Waals surface area (Å²) in [5.74, 6) is 0.00287. The summed E-state index contributed by atoms with van der Waals surface area (Å²) < 4.78 is 2.03. The second-order valence-corrected chi connectivity index (χ2v) is 2.50. The molecule has 0 fully saturated rings. The summed E-state index contributed by atoms with van der Waals surface area (Å²) >= 11 is 0. The van der Waals surface area contributed by atoms with Gasteiger partial charge in [0.15, 0.2) is 0 Å². The quantitative estimate of drug-likeness (QED) is 0.616. The lowest BCUT2D eigenvalue weighted by atomic mass is 10.4. The Morgan fingerprint density at radius 3 is 1.86 bits per heavy atom. The molecule has 1 aromatic heterocycles. The fourth-order valence-electron chi connectivity index (χ4n) is 0.886. The first-order chi connectivity index (χ1) is 5.46. The van der Waals surface area contributed by atoms with Gasteiger partial charge in [0.25, 0.3) is 5.56 Å². The predicted molar refractivity (Wildman–Crippen MR) is 60.2 cm³/mol. The Kier molecular flexibility index (Phi) is 5.39. The maximum atomic E-state index is 11.2. The standard InChI is InChI=1S/C6H10N4O2.2ClH/c1-9-4(8)3(7)5(11)10(2)6(9)12;;/h7-8H2,1-2H3;2*1H. The molecular formula is C6H12Cl2N4O2. The lowest BCUT2D eigenvalue weighted by molar-refractivity contribution is 0.698. The predicted octanol–water partition coefficient (Wildman–Crippen LogP) is -0.908.